The lowest BCUT2D eigenvalue weighted by molar-refractivity contribution is 0.411. The number of rotatable bonds is 6. The zero-order valence-corrected chi connectivity index (χ0v) is 16.0. The minimum absolute atomic E-state index is 0.619. The Kier molecular flexibility index (Phi) is 4.76. The summed E-state index contributed by atoms with van der Waals surface area (Å²) in [5, 5.41) is 11.7. The van der Waals surface area contributed by atoms with Crippen LogP contribution >= 0.6 is 0 Å². The van der Waals surface area contributed by atoms with Crippen molar-refractivity contribution in [2.24, 2.45) is 0 Å². The number of ether oxygens (including phenoxy) is 1. The third-order valence-electron chi connectivity index (χ3n) is 4.35. The van der Waals surface area contributed by atoms with E-state index in [0.717, 1.165) is 34.1 Å². The summed E-state index contributed by atoms with van der Waals surface area (Å²) in [4.78, 5) is 11.0. The smallest absolute Gasteiger partial charge is 0.225 e. The van der Waals surface area contributed by atoms with Gasteiger partial charge < -0.3 is 9.64 Å². The first-order chi connectivity index (χ1) is 13.6. The number of para-hydroxylation sites is 2. The number of aryl methyl sites for hydroxylation is 1. The maximum Gasteiger partial charge on any atom is 0.225 e. The average molecular weight is 375 g/mol. The Bertz CT molecular complexity index is 1090. The Morgan fingerprint density at radius 1 is 1.21 bits per heavy atom. The molecule has 0 aliphatic carbocycles. The summed E-state index contributed by atoms with van der Waals surface area (Å²) in [6.07, 6.45) is 5.47. The van der Waals surface area contributed by atoms with Gasteiger partial charge in [-0.25, -0.2) is 14.6 Å². The van der Waals surface area contributed by atoms with Crippen LogP contribution in [-0.2, 0) is 6.54 Å². The fourth-order valence-electron chi connectivity index (χ4n) is 2.97. The van der Waals surface area contributed by atoms with E-state index in [4.69, 9.17) is 4.74 Å². The Morgan fingerprint density at radius 3 is 2.86 bits per heavy atom. The lowest BCUT2D eigenvalue weighted by Crippen LogP contribution is -2.19. The highest BCUT2D eigenvalue weighted by atomic mass is 16.5. The summed E-state index contributed by atoms with van der Waals surface area (Å²) < 4.78 is 7.21. The molecule has 4 aromatic rings. The van der Waals surface area contributed by atoms with Gasteiger partial charge in [0.1, 0.15) is 11.4 Å². The predicted octanol–water partition coefficient (Wildman–Crippen LogP) is 3.01. The molecule has 8 heteroatoms. The molecule has 0 amide bonds. The van der Waals surface area contributed by atoms with Crippen LogP contribution in [0.5, 0.6) is 5.75 Å². The van der Waals surface area contributed by atoms with Gasteiger partial charge in [-0.05, 0) is 31.2 Å². The highest BCUT2D eigenvalue weighted by Crippen LogP contribution is 2.24. The molecule has 4 rings (SSSR count). The second-order valence-electron chi connectivity index (χ2n) is 6.49. The summed E-state index contributed by atoms with van der Waals surface area (Å²) in [5.41, 5.74) is 4.55. The van der Waals surface area contributed by atoms with E-state index in [-0.39, 0.29) is 0 Å². The third-order valence-corrected chi connectivity index (χ3v) is 4.35. The van der Waals surface area contributed by atoms with Crippen LogP contribution < -0.4 is 9.64 Å². The van der Waals surface area contributed by atoms with Crippen LogP contribution in [-0.4, -0.2) is 44.1 Å². The number of nitrogens with zero attached hydrogens (tertiary/aromatic N) is 6. The summed E-state index contributed by atoms with van der Waals surface area (Å²) in [5.74, 6) is 1.39. The maximum atomic E-state index is 5.42. The Balaban J connectivity index is 1.59. The molecule has 1 N–H and O–H groups in total. The van der Waals surface area contributed by atoms with Crippen LogP contribution in [0, 0.1) is 6.92 Å². The number of nitrogens with one attached hydrogen (secondary N) is 1. The van der Waals surface area contributed by atoms with Crippen LogP contribution in [0.3, 0.4) is 0 Å². The van der Waals surface area contributed by atoms with E-state index in [2.05, 4.69) is 25.3 Å². The van der Waals surface area contributed by atoms with Crippen LogP contribution in [0.1, 0.15) is 11.4 Å². The van der Waals surface area contributed by atoms with Crippen molar-refractivity contribution in [2.45, 2.75) is 13.5 Å². The minimum Gasteiger partial charge on any atom is -0.494 e. The van der Waals surface area contributed by atoms with Crippen LogP contribution in [0.15, 0.2) is 55.0 Å². The van der Waals surface area contributed by atoms with Crippen molar-refractivity contribution in [1.29, 1.82) is 0 Å². The molecule has 3 heterocycles. The number of benzene rings is 1. The van der Waals surface area contributed by atoms with E-state index in [1.54, 1.807) is 24.2 Å². The molecule has 0 atom stereocenters. The fourth-order valence-corrected chi connectivity index (χ4v) is 2.97. The number of H-pyrrole nitrogens is 1. The van der Waals surface area contributed by atoms with E-state index >= 15 is 0 Å². The molecule has 0 aliphatic heterocycles. The molecule has 0 aliphatic rings. The highest BCUT2D eigenvalue weighted by Gasteiger charge is 2.12. The lowest BCUT2D eigenvalue weighted by Gasteiger charge is -2.15. The van der Waals surface area contributed by atoms with E-state index in [1.165, 1.54) is 0 Å². The highest BCUT2D eigenvalue weighted by molar-refractivity contribution is 5.59. The SMILES string of the molecule is COc1ccccc1-n1cc(-c2ccnc(N(C)Cc3cc(C)[nH]n3)n2)cn1. The van der Waals surface area contributed by atoms with Crippen molar-refractivity contribution in [2.75, 3.05) is 19.1 Å². The van der Waals surface area contributed by atoms with Gasteiger partial charge in [-0.2, -0.15) is 10.2 Å². The first kappa shape index (κ1) is 17.7. The average Bonchev–Trinajstić information content (AvgIpc) is 3.37. The lowest BCUT2D eigenvalue weighted by atomic mass is 10.2. The summed E-state index contributed by atoms with van der Waals surface area (Å²) >= 11 is 0. The molecule has 0 spiro atoms. The molecule has 1 aromatic carbocycles. The first-order valence-electron chi connectivity index (χ1n) is 8.87. The standard InChI is InChI=1S/C20H21N7O/c1-14-10-16(25-24-14)13-26(2)20-21-9-8-17(23-20)15-11-22-27(12-15)18-6-4-5-7-19(18)28-3/h4-12H,13H2,1-3H3,(H,24,25). The van der Waals surface area contributed by atoms with Crippen molar-refractivity contribution in [3.63, 3.8) is 0 Å². The second-order valence-corrected chi connectivity index (χ2v) is 6.49. The van der Waals surface area contributed by atoms with Crippen molar-refractivity contribution in [3.05, 3.63) is 66.4 Å². The predicted molar refractivity (Wildman–Crippen MR) is 107 cm³/mol. The molecular weight excluding hydrogens is 354 g/mol. The number of aromatic nitrogens is 6. The molecular formula is C20H21N7O. The van der Waals surface area contributed by atoms with Gasteiger partial charge >= 0.3 is 0 Å². The fraction of sp³-hybridized carbons (Fsp3) is 0.200. The number of hydrogen-bond acceptors (Lipinski definition) is 6. The first-order valence-corrected chi connectivity index (χ1v) is 8.87. The normalized spacial score (nSPS) is 10.8. The Hall–Kier alpha value is -3.68. The quantitative estimate of drug-likeness (QED) is 0.558. The Morgan fingerprint density at radius 2 is 2.07 bits per heavy atom. The molecule has 0 saturated heterocycles. The van der Waals surface area contributed by atoms with Gasteiger partial charge in [0, 0.05) is 30.7 Å². The second kappa shape index (κ2) is 7.51. The molecule has 0 fully saturated rings. The van der Waals surface area contributed by atoms with Crippen molar-refractivity contribution < 1.29 is 4.74 Å². The summed E-state index contributed by atoms with van der Waals surface area (Å²) in [6.45, 7) is 2.60. The topological polar surface area (TPSA) is 84.8 Å². The summed E-state index contributed by atoms with van der Waals surface area (Å²) in [7, 11) is 3.60. The Labute approximate surface area is 162 Å². The minimum atomic E-state index is 0.619. The van der Waals surface area contributed by atoms with E-state index in [1.807, 2.05) is 61.5 Å². The molecule has 0 radical (unpaired) electrons. The number of anilines is 1. The van der Waals surface area contributed by atoms with E-state index in [9.17, 15) is 0 Å². The van der Waals surface area contributed by atoms with Crippen molar-refractivity contribution >= 4 is 5.95 Å². The monoisotopic (exact) mass is 375 g/mol. The molecule has 28 heavy (non-hydrogen) atoms. The maximum absolute atomic E-state index is 5.42. The van der Waals surface area contributed by atoms with Gasteiger partial charge in [-0.3, -0.25) is 5.10 Å². The number of aromatic amines is 1. The van der Waals surface area contributed by atoms with Crippen molar-refractivity contribution in [1.82, 2.24) is 29.9 Å². The summed E-state index contributed by atoms with van der Waals surface area (Å²) in [6, 6.07) is 11.6. The zero-order valence-electron chi connectivity index (χ0n) is 16.0. The largest absolute Gasteiger partial charge is 0.494 e. The van der Waals surface area contributed by atoms with Gasteiger partial charge in [0.25, 0.3) is 0 Å². The van der Waals surface area contributed by atoms with Gasteiger partial charge in [0.15, 0.2) is 0 Å². The van der Waals surface area contributed by atoms with Crippen LogP contribution in [0.4, 0.5) is 5.95 Å². The molecule has 0 bridgehead atoms. The molecule has 3 aromatic heterocycles. The van der Waals surface area contributed by atoms with Gasteiger partial charge in [-0.1, -0.05) is 12.1 Å². The zero-order chi connectivity index (χ0) is 19.5. The number of methoxy groups -OCH3 is 1. The molecule has 142 valence electrons. The van der Waals surface area contributed by atoms with Crippen LogP contribution in [0.25, 0.3) is 16.9 Å². The molecule has 0 unspecified atom stereocenters. The molecule has 0 saturated carbocycles. The van der Waals surface area contributed by atoms with Crippen molar-refractivity contribution in [3.8, 4) is 22.7 Å². The third kappa shape index (κ3) is 3.57. The van der Waals surface area contributed by atoms with Gasteiger partial charge in [-0.15, -0.1) is 0 Å². The van der Waals surface area contributed by atoms with E-state index < -0.39 is 0 Å². The number of hydrogen-bond donors (Lipinski definition) is 1. The van der Waals surface area contributed by atoms with Gasteiger partial charge in [0.05, 0.1) is 31.2 Å². The molecule has 8 nitrogen and oxygen atoms in total. The van der Waals surface area contributed by atoms with E-state index in [0.29, 0.717) is 12.5 Å². The van der Waals surface area contributed by atoms with Gasteiger partial charge in [0.2, 0.25) is 5.95 Å². The van der Waals surface area contributed by atoms with Crippen LogP contribution in [0.2, 0.25) is 0 Å².